The molecule has 0 saturated heterocycles. The Morgan fingerprint density at radius 2 is 1.65 bits per heavy atom. The Morgan fingerprint density at radius 1 is 1.00 bits per heavy atom. The lowest BCUT2D eigenvalue weighted by atomic mass is 10.1. The first kappa shape index (κ1) is 17.8. The molecule has 1 amide bonds. The van der Waals surface area contributed by atoms with Crippen molar-refractivity contribution >= 4 is 34.2 Å². The summed E-state index contributed by atoms with van der Waals surface area (Å²) in [7, 11) is 0. The molecular weight excluding hydrogens is 354 g/mol. The van der Waals surface area contributed by atoms with Crippen LogP contribution in [0, 0.1) is 0 Å². The van der Waals surface area contributed by atoms with Gasteiger partial charge in [0, 0.05) is 11.6 Å². The van der Waals surface area contributed by atoms with Gasteiger partial charge >= 0.3 is 5.97 Å². The largest absolute Gasteiger partial charge is 0.507 e. The van der Waals surface area contributed by atoms with Gasteiger partial charge in [0.2, 0.25) is 0 Å². The van der Waals surface area contributed by atoms with E-state index in [0.717, 1.165) is 16.3 Å². The normalized spacial score (nSPS) is 10.5. The van der Waals surface area contributed by atoms with Gasteiger partial charge in [0.1, 0.15) is 11.3 Å². The van der Waals surface area contributed by atoms with Crippen LogP contribution in [0.4, 0.5) is 0 Å². The number of ether oxygens (including phenoxy) is 1. The molecular formula is C20H16ClNO4. The Bertz CT molecular complexity index is 954. The molecule has 3 aromatic rings. The molecule has 0 aliphatic carbocycles. The molecule has 3 rings (SSSR count). The summed E-state index contributed by atoms with van der Waals surface area (Å²) in [6, 6.07) is 17.4. The summed E-state index contributed by atoms with van der Waals surface area (Å²) < 4.78 is 5.00. The number of nitrogens with one attached hydrogen (secondary N) is 1. The Hall–Kier alpha value is -3.05. The van der Waals surface area contributed by atoms with E-state index in [4.69, 9.17) is 16.3 Å². The molecule has 0 aliphatic heterocycles. The SMILES string of the molecule is O=C(COC(=O)c1cc2ccccc2cc1O)NCc1ccc(Cl)cc1. The minimum Gasteiger partial charge on any atom is -0.507 e. The summed E-state index contributed by atoms with van der Waals surface area (Å²) in [5.41, 5.74) is 0.899. The Kier molecular flexibility index (Phi) is 5.39. The van der Waals surface area contributed by atoms with Crippen LogP contribution < -0.4 is 5.32 Å². The quantitative estimate of drug-likeness (QED) is 0.673. The second-order valence-corrected chi connectivity index (χ2v) is 6.13. The Labute approximate surface area is 155 Å². The summed E-state index contributed by atoms with van der Waals surface area (Å²) in [5.74, 6) is -1.38. The van der Waals surface area contributed by atoms with E-state index in [1.807, 2.05) is 24.3 Å². The second kappa shape index (κ2) is 7.89. The van der Waals surface area contributed by atoms with Gasteiger partial charge in [-0.2, -0.15) is 0 Å². The first-order valence-electron chi connectivity index (χ1n) is 7.93. The van der Waals surface area contributed by atoms with E-state index in [9.17, 15) is 14.7 Å². The number of hydrogen-bond acceptors (Lipinski definition) is 4. The topological polar surface area (TPSA) is 75.6 Å². The zero-order valence-corrected chi connectivity index (χ0v) is 14.5. The van der Waals surface area contributed by atoms with Crippen LogP contribution in [0.3, 0.4) is 0 Å². The number of esters is 1. The fourth-order valence-corrected chi connectivity index (χ4v) is 2.58. The standard InChI is InChI=1S/C20H16ClNO4/c21-16-7-5-13(6-8-16)11-22-19(24)12-26-20(25)17-9-14-3-1-2-4-15(14)10-18(17)23/h1-10,23H,11-12H2,(H,22,24). The smallest absolute Gasteiger partial charge is 0.342 e. The summed E-state index contributed by atoms with van der Waals surface area (Å²) in [6.45, 7) is -0.131. The number of halogens is 1. The molecule has 0 heterocycles. The maximum absolute atomic E-state index is 12.1. The molecule has 0 aliphatic rings. The highest BCUT2D eigenvalue weighted by atomic mass is 35.5. The van der Waals surface area contributed by atoms with Gasteiger partial charge in [-0.15, -0.1) is 0 Å². The number of carbonyl (C=O) groups is 2. The highest BCUT2D eigenvalue weighted by molar-refractivity contribution is 6.30. The van der Waals surface area contributed by atoms with E-state index < -0.39 is 18.5 Å². The number of phenolic OH excluding ortho intramolecular Hbond substituents is 1. The van der Waals surface area contributed by atoms with E-state index in [1.165, 1.54) is 6.07 Å². The molecule has 0 fully saturated rings. The van der Waals surface area contributed by atoms with Crippen LogP contribution in [0.5, 0.6) is 5.75 Å². The number of aromatic hydroxyl groups is 1. The number of hydrogen-bond donors (Lipinski definition) is 2. The zero-order chi connectivity index (χ0) is 18.5. The third kappa shape index (κ3) is 4.32. The minimum absolute atomic E-state index is 0.0224. The van der Waals surface area contributed by atoms with Crippen LogP contribution in [0.15, 0.2) is 60.7 Å². The van der Waals surface area contributed by atoms with Crippen LogP contribution in [-0.4, -0.2) is 23.6 Å². The first-order valence-corrected chi connectivity index (χ1v) is 8.31. The van der Waals surface area contributed by atoms with Gasteiger partial charge in [-0.05, 0) is 40.6 Å². The van der Waals surface area contributed by atoms with Gasteiger partial charge in [0.25, 0.3) is 5.91 Å². The van der Waals surface area contributed by atoms with E-state index >= 15 is 0 Å². The lowest BCUT2D eigenvalue weighted by molar-refractivity contribution is -0.124. The number of phenols is 1. The van der Waals surface area contributed by atoms with Crippen molar-refractivity contribution in [1.29, 1.82) is 0 Å². The maximum Gasteiger partial charge on any atom is 0.342 e. The van der Waals surface area contributed by atoms with Crippen LogP contribution in [0.1, 0.15) is 15.9 Å². The van der Waals surface area contributed by atoms with Crippen molar-refractivity contribution in [3.05, 3.63) is 76.8 Å². The Balaban J connectivity index is 1.57. The molecule has 2 N–H and O–H groups in total. The highest BCUT2D eigenvalue weighted by Gasteiger charge is 2.15. The third-order valence-corrected chi connectivity index (χ3v) is 4.07. The summed E-state index contributed by atoms with van der Waals surface area (Å²) >= 11 is 5.80. The van der Waals surface area contributed by atoms with Gasteiger partial charge in [-0.1, -0.05) is 48.0 Å². The van der Waals surface area contributed by atoms with Crippen molar-refractivity contribution in [3.63, 3.8) is 0 Å². The molecule has 5 nitrogen and oxygen atoms in total. The number of fused-ring (bicyclic) bond motifs is 1. The first-order chi connectivity index (χ1) is 12.5. The van der Waals surface area contributed by atoms with Crippen molar-refractivity contribution in [1.82, 2.24) is 5.32 Å². The molecule has 0 unspecified atom stereocenters. The molecule has 0 saturated carbocycles. The van der Waals surface area contributed by atoms with Crippen LogP contribution in [0.25, 0.3) is 10.8 Å². The lowest BCUT2D eigenvalue weighted by Crippen LogP contribution is -2.28. The van der Waals surface area contributed by atoms with Crippen molar-refractivity contribution in [3.8, 4) is 5.75 Å². The maximum atomic E-state index is 12.1. The summed E-state index contributed by atoms with van der Waals surface area (Å²) in [6.07, 6.45) is 0. The van der Waals surface area contributed by atoms with Gasteiger partial charge < -0.3 is 15.2 Å². The van der Waals surface area contributed by atoms with Gasteiger partial charge in [0.05, 0.1) is 0 Å². The zero-order valence-electron chi connectivity index (χ0n) is 13.7. The molecule has 132 valence electrons. The summed E-state index contributed by atoms with van der Waals surface area (Å²) in [4.78, 5) is 24.0. The Morgan fingerprint density at radius 3 is 2.35 bits per heavy atom. The van der Waals surface area contributed by atoms with Crippen LogP contribution >= 0.6 is 11.6 Å². The minimum atomic E-state index is -0.755. The van der Waals surface area contributed by atoms with Crippen LogP contribution in [-0.2, 0) is 16.1 Å². The predicted molar refractivity (Wildman–Crippen MR) is 99.2 cm³/mol. The molecule has 0 aromatic heterocycles. The third-order valence-electron chi connectivity index (χ3n) is 3.82. The number of amides is 1. The van der Waals surface area contributed by atoms with E-state index in [-0.39, 0.29) is 11.3 Å². The highest BCUT2D eigenvalue weighted by Crippen LogP contribution is 2.25. The average Bonchev–Trinajstić information content (AvgIpc) is 2.65. The second-order valence-electron chi connectivity index (χ2n) is 5.70. The summed E-state index contributed by atoms with van der Waals surface area (Å²) in [5, 5.41) is 14.9. The van der Waals surface area contributed by atoms with Crippen molar-refractivity contribution in [2.75, 3.05) is 6.61 Å². The molecule has 0 radical (unpaired) electrons. The number of rotatable bonds is 5. The molecule has 0 atom stereocenters. The van der Waals surface area contributed by atoms with Crippen molar-refractivity contribution in [2.24, 2.45) is 0 Å². The fraction of sp³-hybridized carbons (Fsp3) is 0.100. The molecule has 6 heteroatoms. The van der Waals surface area contributed by atoms with Gasteiger partial charge in [-0.3, -0.25) is 4.79 Å². The molecule has 26 heavy (non-hydrogen) atoms. The van der Waals surface area contributed by atoms with Crippen molar-refractivity contribution in [2.45, 2.75) is 6.54 Å². The van der Waals surface area contributed by atoms with Crippen molar-refractivity contribution < 1.29 is 19.4 Å². The van der Waals surface area contributed by atoms with Gasteiger partial charge in [0.15, 0.2) is 6.61 Å². The van der Waals surface area contributed by atoms with Crippen LogP contribution in [0.2, 0.25) is 5.02 Å². The molecule has 0 bridgehead atoms. The number of carbonyl (C=O) groups excluding carboxylic acids is 2. The molecule has 3 aromatic carbocycles. The molecule has 0 spiro atoms. The van der Waals surface area contributed by atoms with E-state index in [2.05, 4.69) is 5.32 Å². The fourth-order valence-electron chi connectivity index (χ4n) is 2.45. The monoisotopic (exact) mass is 369 g/mol. The van der Waals surface area contributed by atoms with Gasteiger partial charge in [-0.25, -0.2) is 4.79 Å². The lowest BCUT2D eigenvalue weighted by Gasteiger charge is -2.09. The average molecular weight is 370 g/mol. The number of benzene rings is 3. The predicted octanol–water partition coefficient (Wildman–Crippen LogP) is 3.67. The van der Waals surface area contributed by atoms with E-state index in [1.54, 1.807) is 30.3 Å². The van der Waals surface area contributed by atoms with E-state index in [0.29, 0.717) is 11.6 Å².